The summed E-state index contributed by atoms with van der Waals surface area (Å²) < 4.78 is 5.01. The first-order valence-electron chi connectivity index (χ1n) is 7.78. The zero-order valence-electron chi connectivity index (χ0n) is 14.2. The number of aromatic nitrogens is 2. The number of para-hydroxylation sites is 1. The molecule has 1 aromatic heterocycles. The van der Waals surface area contributed by atoms with Crippen molar-refractivity contribution in [3.8, 4) is 12.3 Å². The molecule has 0 radical (unpaired) electrons. The van der Waals surface area contributed by atoms with Crippen LogP contribution >= 0.6 is 0 Å². The van der Waals surface area contributed by atoms with Gasteiger partial charge in [0.15, 0.2) is 11.5 Å². The average molecular weight is 336 g/mol. The summed E-state index contributed by atoms with van der Waals surface area (Å²) >= 11 is 0. The van der Waals surface area contributed by atoms with Gasteiger partial charge in [0.05, 0.1) is 25.3 Å². The van der Waals surface area contributed by atoms with E-state index in [1.807, 2.05) is 31.2 Å². The SMILES string of the molecule is C#CC/C(=C\OC)c1cnc(N)c(C(=O)Nc2ccccc2CC)n1. The quantitative estimate of drug-likeness (QED) is 0.625. The number of allylic oxidation sites excluding steroid dienone is 1. The summed E-state index contributed by atoms with van der Waals surface area (Å²) in [5.74, 6) is 2.14. The number of carbonyl (C=O) groups excluding carboxylic acids is 1. The molecule has 6 heteroatoms. The molecule has 0 saturated carbocycles. The van der Waals surface area contributed by atoms with E-state index in [-0.39, 0.29) is 11.5 Å². The second-order valence-electron chi connectivity index (χ2n) is 5.21. The van der Waals surface area contributed by atoms with Crippen molar-refractivity contribution in [2.45, 2.75) is 19.8 Å². The van der Waals surface area contributed by atoms with Crippen molar-refractivity contribution in [2.75, 3.05) is 18.2 Å². The van der Waals surface area contributed by atoms with Crippen LogP contribution in [0.3, 0.4) is 0 Å². The van der Waals surface area contributed by atoms with E-state index < -0.39 is 5.91 Å². The van der Waals surface area contributed by atoms with Crippen LogP contribution in [0.5, 0.6) is 0 Å². The third kappa shape index (κ3) is 4.36. The molecule has 25 heavy (non-hydrogen) atoms. The monoisotopic (exact) mass is 336 g/mol. The Labute approximate surface area is 147 Å². The van der Waals surface area contributed by atoms with Gasteiger partial charge in [-0.25, -0.2) is 9.97 Å². The van der Waals surface area contributed by atoms with Gasteiger partial charge < -0.3 is 15.8 Å². The van der Waals surface area contributed by atoms with Crippen LogP contribution in [-0.4, -0.2) is 23.0 Å². The third-order valence-electron chi connectivity index (χ3n) is 3.54. The maximum Gasteiger partial charge on any atom is 0.278 e. The lowest BCUT2D eigenvalue weighted by Gasteiger charge is -2.11. The summed E-state index contributed by atoms with van der Waals surface area (Å²) in [5, 5.41) is 2.84. The lowest BCUT2D eigenvalue weighted by Crippen LogP contribution is -2.18. The highest BCUT2D eigenvalue weighted by Crippen LogP contribution is 2.20. The Morgan fingerprint density at radius 3 is 2.88 bits per heavy atom. The van der Waals surface area contributed by atoms with Gasteiger partial charge in [0, 0.05) is 17.7 Å². The number of benzene rings is 1. The molecular formula is C19H20N4O2. The Hall–Kier alpha value is -3.33. The zero-order chi connectivity index (χ0) is 18.2. The van der Waals surface area contributed by atoms with Gasteiger partial charge in [0.1, 0.15) is 0 Å². The lowest BCUT2D eigenvalue weighted by atomic mass is 10.1. The molecule has 2 rings (SSSR count). The smallest absolute Gasteiger partial charge is 0.278 e. The number of nitrogens with one attached hydrogen (secondary N) is 1. The first-order chi connectivity index (χ1) is 12.1. The fourth-order valence-corrected chi connectivity index (χ4v) is 2.30. The number of carbonyl (C=O) groups is 1. The molecule has 0 atom stereocenters. The van der Waals surface area contributed by atoms with Gasteiger partial charge in [-0.05, 0) is 18.1 Å². The van der Waals surface area contributed by atoms with Crippen LogP contribution in [0.1, 0.15) is 35.1 Å². The normalized spacial score (nSPS) is 10.8. The number of ether oxygens (including phenoxy) is 1. The number of nitrogens with two attached hydrogens (primary N) is 1. The Morgan fingerprint density at radius 1 is 1.44 bits per heavy atom. The number of terminal acetylenes is 1. The van der Waals surface area contributed by atoms with E-state index in [1.165, 1.54) is 19.6 Å². The number of methoxy groups -OCH3 is 1. The predicted molar refractivity (Wildman–Crippen MR) is 98.7 cm³/mol. The molecule has 2 aromatic rings. The van der Waals surface area contributed by atoms with Crippen LogP contribution in [0.2, 0.25) is 0 Å². The summed E-state index contributed by atoms with van der Waals surface area (Å²) in [7, 11) is 1.51. The van der Waals surface area contributed by atoms with Crippen LogP contribution < -0.4 is 11.1 Å². The van der Waals surface area contributed by atoms with Crippen molar-refractivity contribution in [1.82, 2.24) is 9.97 Å². The Morgan fingerprint density at radius 2 is 2.20 bits per heavy atom. The molecule has 0 unspecified atom stereocenters. The Kier molecular flexibility index (Phi) is 6.13. The summed E-state index contributed by atoms with van der Waals surface area (Å²) in [6.07, 6.45) is 9.40. The third-order valence-corrected chi connectivity index (χ3v) is 3.54. The van der Waals surface area contributed by atoms with E-state index in [0.29, 0.717) is 17.7 Å². The molecule has 1 amide bonds. The maximum atomic E-state index is 12.6. The minimum Gasteiger partial charge on any atom is -0.504 e. The molecule has 1 aromatic carbocycles. The Balaban J connectivity index is 2.35. The molecule has 0 spiro atoms. The number of nitrogens with zero attached hydrogens (tertiary/aromatic N) is 2. The van der Waals surface area contributed by atoms with E-state index in [9.17, 15) is 4.79 Å². The van der Waals surface area contributed by atoms with E-state index in [4.69, 9.17) is 16.9 Å². The van der Waals surface area contributed by atoms with Crippen molar-refractivity contribution in [2.24, 2.45) is 0 Å². The molecular weight excluding hydrogens is 316 g/mol. The first kappa shape index (κ1) is 18.0. The second-order valence-corrected chi connectivity index (χ2v) is 5.21. The number of nitrogen functional groups attached to an aromatic ring is 1. The van der Waals surface area contributed by atoms with Crippen LogP contribution in [0.15, 0.2) is 36.7 Å². The van der Waals surface area contributed by atoms with Gasteiger partial charge in [-0.3, -0.25) is 4.79 Å². The molecule has 0 aliphatic carbocycles. The minimum atomic E-state index is -0.426. The molecule has 0 bridgehead atoms. The summed E-state index contributed by atoms with van der Waals surface area (Å²) in [4.78, 5) is 21.0. The fourth-order valence-electron chi connectivity index (χ4n) is 2.30. The highest BCUT2D eigenvalue weighted by molar-refractivity contribution is 6.06. The minimum absolute atomic E-state index is 0.0439. The van der Waals surface area contributed by atoms with Gasteiger partial charge >= 0.3 is 0 Å². The van der Waals surface area contributed by atoms with Gasteiger partial charge in [0.2, 0.25) is 0 Å². The van der Waals surface area contributed by atoms with Crippen molar-refractivity contribution in [1.29, 1.82) is 0 Å². The van der Waals surface area contributed by atoms with Crippen LogP contribution in [-0.2, 0) is 11.2 Å². The topological polar surface area (TPSA) is 90.1 Å². The number of hydrogen-bond acceptors (Lipinski definition) is 5. The van der Waals surface area contributed by atoms with Gasteiger partial charge in [-0.1, -0.05) is 25.1 Å². The van der Waals surface area contributed by atoms with E-state index in [2.05, 4.69) is 21.2 Å². The molecule has 1 heterocycles. The number of rotatable bonds is 6. The molecule has 0 aliphatic rings. The van der Waals surface area contributed by atoms with E-state index in [1.54, 1.807) is 0 Å². The summed E-state index contributed by atoms with van der Waals surface area (Å²) in [6, 6.07) is 7.56. The van der Waals surface area contributed by atoms with Crippen LogP contribution in [0, 0.1) is 12.3 Å². The molecule has 0 fully saturated rings. The summed E-state index contributed by atoms with van der Waals surface area (Å²) in [6.45, 7) is 2.02. The van der Waals surface area contributed by atoms with Crippen LogP contribution in [0.4, 0.5) is 11.5 Å². The fraction of sp³-hybridized carbons (Fsp3) is 0.211. The predicted octanol–water partition coefficient (Wildman–Crippen LogP) is 2.88. The van der Waals surface area contributed by atoms with Gasteiger partial charge in [0.25, 0.3) is 5.91 Å². The molecule has 0 aliphatic heterocycles. The second kappa shape index (κ2) is 8.50. The maximum absolute atomic E-state index is 12.6. The highest BCUT2D eigenvalue weighted by atomic mass is 16.5. The van der Waals surface area contributed by atoms with E-state index in [0.717, 1.165) is 17.7 Å². The lowest BCUT2D eigenvalue weighted by molar-refractivity contribution is 0.102. The standard InChI is InChI=1S/C19H20N4O2/c1-4-8-14(12-25-3)16-11-21-18(20)17(22-16)19(24)23-15-10-7-6-9-13(15)5-2/h1,6-7,9-12H,5,8H2,2-3H3,(H2,20,21)(H,23,24)/b14-12+. The van der Waals surface area contributed by atoms with Crippen molar-refractivity contribution in [3.63, 3.8) is 0 Å². The molecule has 0 saturated heterocycles. The number of aryl methyl sites for hydroxylation is 1. The molecule has 3 N–H and O–H groups in total. The molecule has 6 nitrogen and oxygen atoms in total. The molecule has 128 valence electrons. The van der Waals surface area contributed by atoms with Gasteiger partial charge in [-0.15, -0.1) is 12.3 Å². The zero-order valence-corrected chi connectivity index (χ0v) is 14.2. The number of hydrogen-bond donors (Lipinski definition) is 2. The van der Waals surface area contributed by atoms with Crippen molar-refractivity contribution in [3.05, 3.63) is 53.7 Å². The van der Waals surface area contributed by atoms with E-state index >= 15 is 0 Å². The largest absolute Gasteiger partial charge is 0.504 e. The van der Waals surface area contributed by atoms with Crippen LogP contribution in [0.25, 0.3) is 5.57 Å². The average Bonchev–Trinajstić information content (AvgIpc) is 2.62. The van der Waals surface area contributed by atoms with Crippen molar-refractivity contribution >= 4 is 23.0 Å². The number of amides is 1. The number of anilines is 2. The highest BCUT2D eigenvalue weighted by Gasteiger charge is 2.16. The van der Waals surface area contributed by atoms with Gasteiger partial charge in [-0.2, -0.15) is 0 Å². The summed E-state index contributed by atoms with van der Waals surface area (Å²) in [5.41, 5.74) is 8.71. The first-order valence-corrected chi connectivity index (χ1v) is 7.78. The van der Waals surface area contributed by atoms with Crippen molar-refractivity contribution < 1.29 is 9.53 Å². The Bertz CT molecular complexity index is 838.